The Labute approximate surface area is 168 Å². The molecule has 8 nitrogen and oxygen atoms in total. The Balaban J connectivity index is 2.51. The quantitative estimate of drug-likeness (QED) is 0.502. The normalized spacial score (nSPS) is 21.1. The van der Waals surface area contributed by atoms with Gasteiger partial charge in [0.1, 0.15) is 11.2 Å². The van der Waals surface area contributed by atoms with Gasteiger partial charge in [-0.1, -0.05) is 0 Å². The van der Waals surface area contributed by atoms with Gasteiger partial charge in [0, 0.05) is 12.6 Å². The van der Waals surface area contributed by atoms with Crippen LogP contribution in [0.5, 0.6) is 0 Å². The van der Waals surface area contributed by atoms with Crippen LogP contribution in [0.15, 0.2) is 0 Å². The number of hydrogen-bond donors (Lipinski definition) is 2. The fourth-order valence-corrected chi connectivity index (χ4v) is 2.95. The van der Waals surface area contributed by atoms with Gasteiger partial charge in [-0.3, -0.25) is 4.79 Å². The SMILES string of the molecule is COC(=O)C(CC1CC1CNC(=O)OC(C)(C)C)C(C)NC(=O)OC(C)(C)C. The van der Waals surface area contributed by atoms with Crippen molar-refractivity contribution in [2.45, 2.75) is 78.6 Å². The average Bonchev–Trinajstić information content (AvgIpc) is 3.24. The van der Waals surface area contributed by atoms with Crippen molar-refractivity contribution in [1.82, 2.24) is 10.6 Å². The molecule has 0 aliphatic heterocycles. The molecule has 0 heterocycles. The summed E-state index contributed by atoms with van der Waals surface area (Å²) in [5, 5.41) is 5.49. The Morgan fingerprint density at radius 3 is 2.00 bits per heavy atom. The third-order valence-electron chi connectivity index (χ3n) is 4.39. The molecule has 0 saturated heterocycles. The summed E-state index contributed by atoms with van der Waals surface area (Å²) in [5.41, 5.74) is -1.15. The highest BCUT2D eigenvalue weighted by molar-refractivity contribution is 5.75. The smallest absolute Gasteiger partial charge is 0.407 e. The second kappa shape index (κ2) is 9.47. The zero-order valence-electron chi connectivity index (χ0n) is 18.4. The van der Waals surface area contributed by atoms with Crippen LogP contribution < -0.4 is 10.6 Å². The van der Waals surface area contributed by atoms with E-state index < -0.39 is 35.3 Å². The van der Waals surface area contributed by atoms with Crippen LogP contribution in [0.4, 0.5) is 9.59 Å². The van der Waals surface area contributed by atoms with Gasteiger partial charge < -0.3 is 24.8 Å². The number of amides is 2. The van der Waals surface area contributed by atoms with E-state index in [1.807, 2.05) is 20.8 Å². The average molecular weight is 401 g/mol. The van der Waals surface area contributed by atoms with Crippen molar-refractivity contribution >= 4 is 18.2 Å². The van der Waals surface area contributed by atoms with Crippen LogP contribution >= 0.6 is 0 Å². The fourth-order valence-electron chi connectivity index (χ4n) is 2.95. The van der Waals surface area contributed by atoms with Crippen LogP contribution in [0, 0.1) is 17.8 Å². The van der Waals surface area contributed by atoms with Crippen LogP contribution in [-0.2, 0) is 19.0 Å². The molecule has 0 aromatic heterocycles. The van der Waals surface area contributed by atoms with E-state index in [-0.39, 0.29) is 17.8 Å². The van der Waals surface area contributed by atoms with E-state index >= 15 is 0 Å². The minimum absolute atomic E-state index is 0.280. The molecular weight excluding hydrogens is 364 g/mol. The van der Waals surface area contributed by atoms with Crippen molar-refractivity contribution in [1.29, 1.82) is 0 Å². The molecule has 8 heteroatoms. The highest BCUT2D eigenvalue weighted by Crippen LogP contribution is 2.43. The lowest BCUT2D eigenvalue weighted by Crippen LogP contribution is -2.44. The van der Waals surface area contributed by atoms with E-state index in [1.54, 1.807) is 27.7 Å². The van der Waals surface area contributed by atoms with Gasteiger partial charge in [0.15, 0.2) is 0 Å². The van der Waals surface area contributed by atoms with Gasteiger partial charge in [0.2, 0.25) is 0 Å². The van der Waals surface area contributed by atoms with Gasteiger partial charge in [0.05, 0.1) is 13.0 Å². The molecule has 0 aromatic rings. The highest BCUT2D eigenvalue weighted by Gasteiger charge is 2.42. The summed E-state index contributed by atoms with van der Waals surface area (Å²) in [5.74, 6) is -0.279. The number of carbonyl (C=O) groups excluding carboxylic acids is 3. The molecule has 0 spiro atoms. The summed E-state index contributed by atoms with van der Waals surface area (Å²) < 4.78 is 15.4. The number of esters is 1. The van der Waals surface area contributed by atoms with E-state index in [4.69, 9.17) is 14.2 Å². The number of hydrogen-bond acceptors (Lipinski definition) is 6. The molecule has 4 atom stereocenters. The predicted molar refractivity (Wildman–Crippen MR) is 105 cm³/mol. The van der Waals surface area contributed by atoms with Gasteiger partial charge >= 0.3 is 18.2 Å². The molecule has 162 valence electrons. The molecule has 4 unspecified atom stereocenters. The first kappa shape index (κ1) is 24.0. The first-order chi connectivity index (χ1) is 12.7. The molecule has 2 N–H and O–H groups in total. The van der Waals surface area contributed by atoms with E-state index in [1.165, 1.54) is 7.11 Å². The maximum atomic E-state index is 12.2. The first-order valence-electron chi connectivity index (χ1n) is 9.76. The zero-order chi connectivity index (χ0) is 21.7. The summed E-state index contributed by atoms with van der Waals surface area (Å²) in [4.78, 5) is 36.0. The maximum Gasteiger partial charge on any atom is 0.407 e. The molecule has 1 saturated carbocycles. The van der Waals surface area contributed by atoms with Gasteiger partial charge in [-0.05, 0) is 73.1 Å². The monoisotopic (exact) mass is 400 g/mol. The number of rotatable bonds is 7. The lowest BCUT2D eigenvalue weighted by atomic mass is 9.94. The van der Waals surface area contributed by atoms with E-state index in [0.29, 0.717) is 13.0 Å². The number of nitrogens with one attached hydrogen (secondary N) is 2. The molecular formula is C20H36N2O6. The van der Waals surface area contributed by atoms with Gasteiger partial charge in [-0.25, -0.2) is 9.59 Å². The van der Waals surface area contributed by atoms with E-state index in [9.17, 15) is 14.4 Å². The Morgan fingerprint density at radius 2 is 1.50 bits per heavy atom. The molecule has 28 heavy (non-hydrogen) atoms. The Kier molecular flexibility index (Phi) is 8.14. The van der Waals surface area contributed by atoms with Gasteiger partial charge in [-0.2, -0.15) is 0 Å². The minimum Gasteiger partial charge on any atom is -0.469 e. The van der Waals surface area contributed by atoms with Gasteiger partial charge in [0.25, 0.3) is 0 Å². The second-order valence-electron chi connectivity index (χ2n) is 9.44. The summed E-state index contributed by atoms with van der Waals surface area (Å²) in [7, 11) is 1.34. The molecule has 0 radical (unpaired) electrons. The summed E-state index contributed by atoms with van der Waals surface area (Å²) in [6, 6.07) is -0.428. The van der Waals surface area contributed by atoms with Crippen molar-refractivity contribution < 1.29 is 28.6 Å². The summed E-state index contributed by atoms with van der Waals surface area (Å²) in [6.45, 7) is 13.0. The van der Waals surface area contributed by atoms with Crippen molar-refractivity contribution in [2.75, 3.05) is 13.7 Å². The van der Waals surface area contributed by atoms with Crippen molar-refractivity contribution in [3.05, 3.63) is 0 Å². The predicted octanol–water partition coefficient (Wildman–Crippen LogP) is 3.24. The topological polar surface area (TPSA) is 103 Å². The van der Waals surface area contributed by atoms with E-state index in [0.717, 1.165) is 6.42 Å². The molecule has 0 bridgehead atoms. The maximum absolute atomic E-state index is 12.2. The number of methoxy groups -OCH3 is 1. The number of carbonyl (C=O) groups is 3. The van der Waals surface area contributed by atoms with E-state index in [2.05, 4.69) is 10.6 Å². The fraction of sp³-hybridized carbons (Fsp3) is 0.850. The summed E-state index contributed by atoms with van der Waals surface area (Å²) >= 11 is 0. The lowest BCUT2D eigenvalue weighted by molar-refractivity contribution is -0.146. The number of alkyl carbamates (subject to hydrolysis) is 2. The molecule has 2 amide bonds. The number of ether oxygens (including phenoxy) is 3. The van der Waals surface area contributed by atoms with Crippen LogP contribution in [-0.4, -0.2) is 49.1 Å². The van der Waals surface area contributed by atoms with Gasteiger partial charge in [-0.15, -0.1) is 0 Å². The van der Waals surface area contributed by atoms with Crippen LogP contribution in [0.25, 0.3) is 0 Å². The molecule has 0 aromatic carbocycles. The molecule has 1 aliphatic carbocycles. The third kappa shape index (κ3) is 9.28. The van der Waals surface area contributed by atoms with Crippen molar-refractivity contribution in [2.24, 2.45) is 17.8 Å². The standard InChI is InChI=1S/C20H36N2O6/c1-12(22-18(25)28-20(5,6)7)15(16(23)26-8)10-13-9-14(13)11-21-17(24)27-19(2,3)4/h12-15H,9-11H2,1-8H3,(H,21,24)(H,22,25). The van der Waals surface area contributed by atoms with Crippen LogP contribution in [0.1, 0.15) is 61.3 Å². The first-order valence-corrected chi connectivity index (χ1v) is 9.76. The highest BCUT2D eigenvalue weighted by atomic mass is 16.6. The lowest BCUT2D eigenvalue weighted by Gasteiger charge is -2.25. The Bertz CT molecular complexity index is 564. The largest absolute Gasteiger partial charge is 0.469 e. The third-order valence-corrected chi connectivity index (χ3v) is 4.39. The summed E-state index contributed by atoms with van der Waals surface area (Å²) in [6.07, 6.45) is 0.475. The Morgan fingerprint density at radius 1 is 0.964 bits per heavy atom. The molecule has 1 fully saturated rings. The van der Waals surface area contributed by atoms with Crippen LogP contribution in [0.2, 0.25) is 0 Å². The second-order valence-corrected chi connectivity index (χ2v) is 9.44. The van der Waals surface area contributed by atoms with Crippen molar-refractivity contribution in [3.63, 3.8) is 0 Å². The minimum atomic E-state index is -0.612. The molecule has 1 rings (SSSR count). The Hall–Kier alpha value is -1.99. The molecule has 1 aliphatic rings. The van der Waals surface area contributed by atoms with Crippen molar-refractivity contribution in [3.8, 4) is 0 Å². The zero-order valence-corrected chi connectivity index (χ0v) is 18.4. The van der Waals surface area contributed by atoms with Crippen LogP contribution in [0.3, 0.4) is 0 Å².